The first-order valence-electron chi connectivity index (χ1n) is 5.61. The number of fused-ring (bicyclic) bond motifs is 1. The van der Waals surface area contributed by atoms with E-state index in [1.165, 1.54) is 6.33 Å². The summed E-state index contributed by atoms with van der Waals surface area (Å²) in [7, 11) is 0. The maximum Gasteiger partial charge on any atom is 0.161 e. The van der Waals surface area contributed by atoms with Gasteiger partial charge in [0.2, 0.25) is 0 Å². The van der Waals surface area contributed by atoms with Gasteiger partial charge in [-0.25, -0.2) is 19.9 Å². The Morgan fingerprint density at radius 1 is 1.17 bits per heavy atom. The Kier molecular flexibility index (Phi) is 2.65. The first-order valence-corrected chi connectivity index (χ1v) is 5.61. The van der Waals surface area contributed by atoms with E-state index in [4.69, 9.17) is 16.2 Å². The number of nitrogen functional groups attached to an aromatic ring is 2. The quantitative estimate of drug-likeness (QED) is 0.600. The van der Waals surface area contributed by atoms with Crippen LogP contribution in [-0.4, -0.2) is 39.6 Å². The number of nitrogens with zero attached hydrogens (tertiary/aromatic N) is 4. The van der Waals surface area contributed by atoms with Crippen LogP contribution in [0.5, 0.6) is 0 Å². The molecule has 2 aromatic heterocycles. The van der Waals surface area contributed by atoms with Crippen molar-refractivity contribution in [3.05, 3.63) is 12.2 Å². The van der Waals surface area contributed by atoms with Crippen LogP contribution in [0.1, 0.15) is 11.9 Å². The van der Waals surface area contributed by atoms with Gasteiger partial charge < -0.3 is 21.5 Å². The molecule has 0 radical (unpaired) electrons. The Balaban J connectivity index is 2.11. The highest BCUT2D eigenvalue weighted by atomic mass is 16.5. The fourth-order valence-electron chi connectivity index (χ4n) is 1.88. The highest BCUT2D eigenvalue weighted by Gasteiger charge is 2.21. The van der Waals surface area contributed by atoms with Gasteiger partial charge in [-0.05, 0) is 0 Å². The van der Waals surface area contributed by atoms with Gasteiger partial charge in [0.1, 0.15) is 23.5 Å². The van der Waals surface area contributed by atoms with Crippen LogP contribution in [0.4, 0.5) is 11.6 Å². The fraction of sp³-hybridized carbons (Fsp3) is 0.400. The van der Waals surface area contributed by atoms with Crippen LogP contribution in [0.3, 0.4) is 0 Å². The van der Waals surface area contributed by atoms with E-state index < -0.39 is 0 Å². The molecule has 18 heavy (non-hydrogen) atoms. The lowest BCUT2D eigenvalue weighted by Gasteiger charge is -2.22. The normalized spacial score (nSPS) is 20.1. The second kappa shape index (κ2) is 4.31. The standard InChI is InChI=1S/C10H13N7O/c11-8-7-6(14-4-15-8)9(12)17-10(16-7)5-3-13-1-2-18-5/h4-5,13H,1-3H2,(H2,11,14,15)(H2,12,16,17). The average Bonchev–Trinajstić information content (AvgIpc) is 2.41. The van der Waals surface area contributed by atoms with Crippen LogP contribution >= 0.6 is 0 Å². The summed E-state index contributed by atoms with van der Waals surface area (Å²) < 4.78 is 5.58. The molecule has 0 saturated carbocycles. The molecule has 1 unspecified atom stereocenters. The Labute approximate surface area is 103 Å². The van der Waals surface area contributed by atoms with E-state index in [-0.39, 0.29) is 6.10 Å². The minimum atomic E-state index is -0.218. The smallest absolute Gasteiger partial charge is 0.161 e. The summed E-state index contributed by atoms with van der Waals surface area (Å²) in [6.07, 6.45) is 1.13. The summed E-state index contributed by atoms with van der Waals surface area (Å²) in [6.45, 7) is 2.09. The molecular weight excluding hydrogens is 234 g/mol. The lowest BCUT2D eigenvalue weighted by molar-refractivity contribution is 0.0224. The number of nitrogens with one attached hydrogen (secondary N) is 1. The molecule has 5 N–H and O–H groups in total. The van der Waals surface area contributed by atoms with Crippen molar-refractivity contribution in [2.24, 2.45) is 0 Å². The average molecular weight is 247 g/mol. The Morgan fingerprint density at radius 2 is 2.06 bits per heavy atom. The van der Waals surface area contributed by atoms with Crippen LogP contribution in [0.15, 0.2) is 6.33 Å². The van der Waals surface area contributed by atoms with Gasteiger partial charge in [0.05, 0.1) is 6.61 Å². The highest BCUT2D eigenvalue weighted by molar-refractivity contribution is 5.90. The molecule has 1 fully saturated rings. The molecule has 2 aromatic rings. The number of rotatable bonds is 1. The summed E-state index contributed by atoms with van der Waals surface area (Å²) in [5, 5.41) is 3.21. The molecule has 1 aliphatic rings. The van der Waals surface area contributed by atoms with E-state index in [0.717, 1.165) is 6.54 Å². The first kappa shape index (κ1) is 11.1. The molecule has 94 valence electrons. The van der Waals surface area contributed by atoms with Crippen LogP contribution in [0.2, 0.25) is 0 Å². The molecular formula is C10H13N7O. The molecule has 1 atom stereocenters. The van der Waals surface area contributed by atoms with Gasteiger partial charge in [0, 0.05) is 13.1 Å². The lowest BCUT2D eigenvalue weighted by atomic mass is 10.2. The molecule has 0 spiro atoms. The summed E-state index contributed by atoms with van der Waals surface area (Å²) in [6, 6.07) is 0. The van der Waals surface area contributed by atoms with Crippen LogP contribution < -0.4 is 16.8 Å². The molecule has 8 nitrogen and oxygen atoms in total. The zero-order chi connectivity index (χ0) is 12.5. The third-order valence-electron chi connectivity index (χ3n) is 2.77. The minimum absolute atomic E-state index is 0.218. The van der Waals surface area contributed by atoms with Crippen LogP contribution in [0, 0.1) is 0 Å². The van der Waals surface area contributed by atoms with Crippen molar-refractivity contribution in [3.63, 3.8) is 0 Å². The summed E-state index contributed by atoms with van der Waals surface area (Å²) in [5.41, 5.74) is 12.6. The number of hydrogen-bond acceptors (Lipinski definition) is 8. The number of hydrogen-bond donors (Lipinski definition) is 3. The number of ether oxygens (including phenoxy) is 1. The van der Waals surface area contributed by atoms with Crippen molar-refractivity contribution in [2.45, 2.75) is 6.10 Å². The minimum Gasteiger partial charge on any atom is -0.382 e. The van der Waals surface area contributed by atoms with Crippen molar-refractivity contribution in [2.75, 3.05) is 31.2 Å². The maximum atomic E-state index is 5.86. The predicted octanol–water partition coefficient (Wildman–Crippen LogP) is -0.755. The van der Waals surface area contributed by atoms with E-state index in [1.54, 1.807) is 0 Å². The molecule has 0 bridgehead atoms. The Morgan fingerprint density at radius 3 is 2.83 bits per heavy atom. The topological polar surface area (TPSA) is 125 Å². The summed E-state index contributed by atoms with van der Waals surface area (Å²) in [5.74, 6) is 1.09. The van der Waals surface area contributed by atoms with Crippen LogP contribution in [0.25, 0.3) is 11.0 Å². The van der Waals surface area contributed by atoms with Crippen LogP contribution in [-0.2, 0) is 4.74 Å². The van der Waals surface area contributed by atoms with E-state index in [9.17, 15) is 0 Å². The van der Waals surface area contributed by atoms with Gasteiger partial charge in [-0.15, -0.1) is 0 Å². The van der Waals surface area contributed by atoms with Crippen molar-refractivity contribution in [3.8, 4) is 0 Å². The molecule has 0 amide bonds. The van der Waals surface area contributed by atoms with Crippen molar-refractivity contribution >= 4 is 22.7 Å². The number of morpholine rings is 1. The Hall–Kier alpha value is -2.06. The van der Waals surface area contributed by atoms with Gasteiger partial charge >= 0.3 is 0 Å². The fourth-order valence-corrected chi connectivity index (χ4v) is 1.88. The van der Waals surface area contributed by atoms with Gasteiger partial charge in [-0.1, -0.05) is 0 Å². The molecule has 3 heterocycles. The molecule has 1 saturated heterocycles. The van der Waals surface area contributed by atoms with Crippen molar-refractivity contribution < 1.29 is 4.74 Å². The predicted molar refractivity (Wildman–Crippen MR) is 65.5 cm³/mol. The van der Waals surface area contributed by atoms with Gasteiger partial charge in [0.15, 0.2) is 17.5 Å². The lowest BCUT2D eigenvalue weighted by Crippen LogP contribution is -2.34. The molecule has 8 heteroatoms. The molecule has 0 aliphatic carbocycles. The maximum absolute atomic E-state index is 5.86. The molecule has 3 rings (SSSR count). The molecule has 0 aromatic carbocycles. The summed E-state index contributed by atoms with van der Waals surface area (Å²) >= 11 is 0. The number of aromatic nitrogens is 4. The van der Waals surface area contributed by atoms with Crippen molar-refractivity contribution in [1.29, 1.82) is 0 Å². The first-order chi connectivity index (χ1) is 8.75. The SMILES string of the molecule is Nc1nc(C2CNCCO2)nc2c(N)ncnc12. The van der Waals surface area contributed by atoms with E-state index in [2.05, 4.69) is 25.3 Å². The van der Waals surface area contributed by atoms with Gasteiger partial charge in [-0.3, -0.25) is 0 Å². The van der Waals surface area contributed by atoms with Gasteiger partial charge in [-0.2, -0.15) is 0 Å². The zero-order valence-corrected chi connectivity index (χ0v) is 9.63. The largest absolute Gasteiger partial charge is 0.382 e. The Bertz CT molecular complexity index is 582. The van der Waals surface area contributed by atoms with Gasteiger partial charge in [0.25, 0.3) is 0 Å². The summed E-state index contributed by atoms with van der Waals surface area (Å²) in [4.78, 5) is 16.5. The number of anilines is 2. The second-order valence-electron chi connectivity index (χ2n) is 3.99. The van der Waals surface area contributed by atoms with E-state index in [1.807, 2.05) is 0 Å². The zero-order valence-electron chi connectivity index (χ0n) is 9.63. The van der Waals surface area contributed by atoms with E-state index >= 15 is 0 Å². The third-order valence-corrected chi connectivity index (χ3v) is 2.77. The van der Waals surface area contributed by atoms with Crippen molar-refractivity contribution in [1.82, 2.24) is 25.3 Å². The monoisotopic (exact) mass is 247 g/mol. The van der Waals surface area contributed by atoms with E-state index in [0.29, 0.717) is 41.6 Å². The highest BCUT2D eigenvalue weighted by Crippen LogP contribution is 2.23. The second-order valence-corrected chi connectivity index (χ2v) is 3.99. The number of nitrogens with two attached hydrogens (primary N) is 2. The third kappa shape index (κ3) is 1.81. The molecule has 1 aliphatic heterocycles.